The molecule has 0 fully saturated rings. The van der Waals surface area contributed by atoms with Crippen LogP contribution in [0, 0.1) is 0 Å². The largest absolute Gasteiger partial charge is 0.493 e. The molecule has 0 aliphatic carbocycles. The summed E-state index contributed by atoms with van der Waals surface area (Å²) >= 11 is 0. The zero-order chi connectivity index (χ0) is 30.8. The molecule has 43 heavy (non-hydrogen) atoms. The molecule has 0 saturated carbocycles. The second kappa shape index (κ2) is 10.3. The topological polar surface area (TPSA) is 108 Å². The van der Waals surface area contributed by atoms with Crippen LogP contribution >= 0.6 is 0 Å². The number of carbonyl (C=O) groups excluding carboxylic acids is 1. The molecule has 4 heterocycles. The standard InChI is InChI=1S/C33H38N2O8/c1-17(2)23-12-21-22(41-23)10-9-19-29(34-43-31(36)18-14-32(3,4)35(37)33(5,6)15-18)28-20-11-25(38-7)26(39-8)13-24(20)40-16-27(28)42-30(19)21/h9-11,13-14,23,27-28,37H,1,12,15-16H2,2-8H3/b34-29-/t23-,27-,28+/m1/s1. The summed E-state index contributed by atoms with van der Waals surface area (Å²) in [5, 5.41) is 16.5. The number of hydroxylamine groups is 2. The van der Waals surface area contributed by atoms with Crippen LogP contribution in [0.1, 0.15) is 63.6 Å². The van der Waals surface area contributed by atoms with Gasteiger partial charge in [0.25, 0.3) is 0 Å². The first kappa shape index (κ1) is 29.1. The maximum atomic E-state index is 13.5. The predicted molar refractivity (Wildman–Crippen MR) is 159 cm³/mol. The molecular weight excluding hydrogens is 552 g/mol. The highest BCUT2D eigenvalue weighted by Crippen LogP contribution is 2.50. The fraction of sp³-hybridized carbons (Fsp3) is 0.455. The zero-order valence-corrected chi connectivity index (χ0v) is 25.6. The normalized spacial score (nSPS) is 25.4. The van der Waals surface area contributed by atoms with E-state index in [9.17, 15) is 10.0 Å². The number of rotatable bonds is 5. The lowest BCUT2D eigenvalue weighted by molar-refractivity contribution is -0.214. The van der Waals surface area contributed by atoms with Gasteiger partial charge >= 0.3 is 5.97 Å². The van der Waals surface area contributed by atoms with E-state index in [0.29, 0.717) is 52.7 Å². The lowest BCUT2D eigenvalue weighted by Gasteiger charge is -2.46. The molecule has 10 nitrogen and oxygen atoms in total. The van der Waals surface area contributed by atoms with Gasteiger partial charge in [0.1, 0.15) is 41.8 Å². The summed E-state index contributed by atoms with van der Waals surface area (Å²) in [4.78, 5) is 19.2. The van der Waals surface area contributed by atoms with Crippen LogP contribution < -0.4 is 23.7 Å². The van der Waals surface area contributed by atoms with Gasteiger partial charge in [-0.1, -0.05) is 17.8 Å². The third-order valence-electron chi connectivity index (χ3n) is 8.65. The molecule has 0 bridgehead atoms. The molecule has 0 aromatic heterocycles. The Labute approximate surface area is 251 Å². The fourth-order valence-electron chi connectivity index (χ4n) is 6.61. The van der Waals surface area contributed by atoms with Crippen molar-refractivity contribution >= 4 is 11.7 Å². The predicted octanol–water partition coefficient (Wildman–Crippen LogP) is 5.35. The number of carbonyl (C=O) groups is 1. The molecule has 0 amide bonds. The van der Waals surface area contributed by atoms with Gasteiger partial charge in [0.2, 0.25) is 0 Å². The smallest absolute Gasteiger partial charge is 0.361 e. The number of oxime groups is 1. The SMILES string of the molecule is C=C(C)[C@H]1Cc2c(ccc3c2O[C@@H]2COc4cc(OC)c(OC)cc4[C@@H]2/C3=N\OC(=O)C2=CC(C)(C)N(O)C(C)(C)C2)O1. The fourth-order valence-corrected chi connectivity index (χ4v) is 6.61. The van der Waals surface area contributed by atoms with Crippen molar-refractivity contribution in [2.45, 2.75) is 76.7 Å². The lowest BCUT2D eigenvalue weighted by Crippen LogP contribution is -2.56. The first-order valence-corrected chi connectivity index (χ1v) is 14.4. The van der Waals surface area contributed by atoms with Crippen LogP contribution in [0.5, 0.6) is 28.7 Å². The van der Waals surface area contributed by atoms with Gasteiger partial charge in [-0.05, 0) is 64.8 Å². The van der Waals surface area contributed by atoms with Gasteiger partial charge in [0.05, 0.1) is 25.7 Å². The Kier molecular flexibility index (Phi) is 6.97. The van der Waals surface area contributed by atoms with Gasteiger partial charge in [-0.15, -0.1) is 0 Å². The molecule has 6 rings (SSSR count). The Morgan fingerprint density at radius 1 is 1.09 bits per heavy atom. The number of hydrogen-bond acceptors (Lipinski definition) is 10. The number of benzene rings is 2. The number of nitrogens with zero attached hydrogens (tertiary/aromatic N) is 2. The summed E-state index contributed by atoms with van der Waals surface area (Å²) in [6.45, 7) is 13.7. The summed E-state index contributed by atoms with van der Waals surface area (Å²) in [6, 6.07) is 7.44. The van der Waals surface area contributed by atoms with Gasteiger partial charge in [-0.25, -0.2) is 4.79 Å². The maximum Gasteiger partial charge on any atom is 0.361 e. The molecule has 1 N–H and O–H groups in total. The van der Waals surface area contributed by atoms with Gasteiger partial charge < -0.3 is 33.7 Å². The average molecular weight is 591 g/mol. The van der Waals surface area contributed by atoms with Crippen molar-refractivity contribution in [3.63, 3.8) is 0 Å². The minimum absolute atomic E-state index is 0.155. The molecule has 4 aliphatic rings. The van der Waals surface area contributed by atoms with Gasteiger partial charge in [-0.3, -0.25) is 0 Å². The second-order valence-corrected chi connectivity index (χ2v) is 12.7. The van der Waals surface area contributed by atoms with Gasteiger partial charge in [0, 0.05) is 40.3 Å². The quantitative estimate of drug-likeness (QED) is 0.280. The first-order chi connectivity index (χ1) is 20.3. The number of fused-ring (bicyclic) bond motifs is 6. The van der Waals surface area contributed by atoms with Crippen molar-refractivity contribution in [2.75, 3.05) is 20.8 Å². The molecule has 3 atom stereocenters. The van der Waals surface area contributed by atoms with E-state index >= 15 is 0 Å². The highest BCUT2D eigenvalue weighted by molar-refractivity contribution is 6.09. The molecule has 0 unspecified atom stereocenters. The third-order valence-corrected chi connectivity index (χ3v) is 8.65. The molecule has 4 aliphatic heterocycles. The maximum absolute atomic E-state index is 13.5. The molecule has 0 radical (unpaired) electrons. The number of hydrogen-bond donors (Lipinski definition) is 1. The summed E-state index contributed by atoms with van der Waals surface area (Å²) in [5.41, 5.74) is 2.87. The highest BCUT2D eigenvalue weighted by Gasteiger charge is 2.46. The highest BCUT2D eigenvalue weighted by atomic mass is 16.7. The molecule has 2 aromatic carbocycles. The van der Waals surface area contributed by atoms with Crippen LogP contribution in [0.2, 0.25) is 0 Å². The van der Waals surface area contributed by atoms with E-state index in [-0.39, 0.29) is 12.7 Å². The Balaban J connectivity index is 1.45. The van der Waals surface area contributed by atoms with Crippen molar-refractivity contribution in [1.29, 1.82) is 0 Å². The van der Waals surface area contributed by atoms with E-state index in [1.165, 1.54) is 5.06 Å². The molecule has 2 aromatic rings. The van der Waals surface area contributed by atoms with E-state index in [2.05, 4.69) is 11.7 Å². The van der Waals surface area contributed by atoms with Crippen molar-refractivity contribution in [1.82, 2.24) is 5.06 Å². The summed E-state index contributed by atoms with van der Waals surface area (Å²) < 4.78 is 30.0. The van der Waals surface area contributed by atoms with Crippen LogP contribution in [-0.4, -0.2) is 66.1 Å². The molecular formula is C33H38N2O8. The average Bonchev–Trinajstić information content (AvgIpc) is 3.42. The summed E-state index contributed by atoms with van der Waals surface area (Å²) in [6.07, 6.45) is 2.01. The Morgan fingerprint density at radius 2 is 1.81 bits per heavy atom. The van der Waals surface area contributed by atoms with Crippen molar-refractivity contribution in [3.05, 3.63) is 64.8 Å². The van der Waals surface area contributed by atoms with E-state index < -0.39 is 29.1 Å². The Morgan fingerprint density at radius 3 is 2.49 bits per heavy atom. The minimum Gasteiger partial charge on any atom is -0.493 e. The number of ether oxygens (including phenoxy) is 5. The van der Waals surface area contributed by atoms with E-state index in [1.54, 1.807) is 26.4 Å². The van der Waals surface area contributed by atoms with Gasteiger partial charge in [0.15, 0.2) is 11.5 Å². The van der Waals surface area contributed by atoms with Crippen LogP contribution in [0.3, 0.4) is 0 Å². The second-order valence-electron chi connectivity index (χ2n) is 12.7. The van der Waals surface area contributed by atoms with E-state index in [0.717, 1.165) is 22.4 Å². The van der Waals surface area contributed by atoms with Crippen LogP contribution in [0.4, 0.5) is 0 Å². The van der Waals surface area contributed by atoms with Crippen LogP contribution in [0.15, 0.2) is 53.2 Å². The molecule has 0 saturated heterocycles. The van der Waals surface area contributed by atoms with Crippen molar-refractivity contribution in [2.24, 2.45) is 5.16 Å². The Bertz CT molecular complexity index is 1570. The molecule has 228 valence electrons. The lowest BCUT2D eigenvalue weighted by atomic mass is 9.80. The molecule has 0 spiro atoms. The monoisotopic (exact) mass is 590 g/mol. The zero-order valence-electron chi connectivity index (χ0n) is 25.6. The van der Waals surface area contributed by atoms with Crippen molar-refractivity contribution < 1.29 is 38.5 Å². The summed E-state index contributed by atoms with van der Waals surface area (Å²) in [5.74, 6) is 2.05. The van der Waals surface area contributed by atoms with Gasteiger partial charge in [-0.2, -0.15) is 5.06 Å². The Hall–Kier alpha value is -4.02. The van der Waals surface area contributed by atoms with E-state index in [4.69, 9.17) is 28.5 Å². The number of methoxy groups -OCH3 is 2. The van der Waals surface area contributed by atoms with Crippen LogP contribution in [0.25, 0.3) is 0 Å². The molecule has 10 heteroatoms. The first-order valence-electron chi connectivity index (χ1n) is 14.4. The summed E-state index contributed by atoms with van der Waals surface area (Å²) in [7, 11) is 3.14. The van der Waals surface area contributed by atoms with Crippen LogP contribution in [-0.2, 0) is 16.1 Å². The third kappa shape index (κ3) is 4.82. The van der Waals surface area contributed by atoms with Crippen molar-refractivity contribution in [3.8, 4) is 28.7 Å². The minimum atomic E-state index is -0.769. The van der Waals surface area contributed by atoms with E-state index in [1.807, 2.05) is 52.8 Å².